The molecule has 0 aromatic carbocycles. The molecule has 0 radical (unpaired) electrons. The summed E-state index contributed by atoms with van der Waals surface area (Å²) in [6.45, 7) is 1.82. The number of nitrogens with zero attached hydrogens (tertiary/aromatic N) is 2. The van der Waals surface area contributed by atoms with Gasteiger partial charge in [-0.25, -0.2) is 0 Å². The number of aromatic nitrogens is 2. The zero-order valence-electron chi connectivity index (χ0n) is 7.86. The fraction of sp³-hybridized carbons (Fsp3) is 0.778. The molecule has 1 fully saturated rings. The maximum atomic E-state index is 5.82. The molecule has 4 heteroatoms. The van der Waals surface area contributed by atoms with Crippen LogP contribution in [0.25, 0.3) is 0 Å². The molecule has 0 saturated heterocycles. The first kappa shape index (κ1) is 8.69. The van der Waals surface area contributed by atoms with Crippen LogP contribution in [0.15, 0.2) is 4.52 Å². The Morgan fingerprint density at radius 3 is 2.54 bits per heavy atom. The van der Waals surface area contributed by atoms with Gasteiger partial charge in [-0.1, -0.05) is 5.16 Å². The van der Waals surface area contributed by atoms with Gasteiger partial charge in [0.05, 0.1) is 0 Å². The molecule has 1 aromatic rings. The third-order valence-corrected chi connectivity index (χ3v) is 2.68. The summed E-state index contributed by atoms with van der Waals surface area (Å²) in [7, 11) is 0. The van der Waals surface area contributed by atoms with Crippen LogP contribution in [0.2, 0.25) is 0 Å². The lowest BCUT2D eigenvalue weighted by molar-refractivity contribution is 0.353. The fourth-order valence-corrected chi connectivity index (χ4v) is 1.86. The Morgan fingerprint density at radius 1 is 1.31 bits per heavy atom. The first-order valence-corrected chi connectivity index (χ1v) is 4.81. The molecule has 4 nitrogen and oxygen atoms in total. The molecule has 0 atom stereocenters. The highest BCUT2D eigenvalue weighted by atomic mass is 16.5. The predicted molar refractivity (Wildman–Crippen MR) is 48.2 cm³/mol. The van der Waals surface area contributed by atoms with Crippen LogP contribution >= 0.6 is 0 Å². The van der Waals surface area contributed by atoms with Crippen molar-refractivity contribution in [3.05, 3.63) is 11.7 Å². The zero-order chi connectivity index (χ0) is 9.26. The Hall–Kier alpha value is -0.900. The molecule has 0 bridgehead atoms. The number of rotatable bonds is 1. The normalized spacial score (nSPS) is 29.1. The SMILES string of the molecule is Cc1nc([C@H]2CC[C@H](N)CC2)no1. The number of aryl methyl sites for hydroxylation is 1. The summed E-state index contributed by atoms with van der Waals surface area (Å²) < 4.78 is 4.95. The minimum atomic E-state index is 0.379. The van der Waals surface area contributed by atoms with Gasteiger partial charge in [0.15, 0.2) is 5.82 Å². The lowest BCUT2D eigenvalue weighted by Gasteiger charge is -2.23. The standard InChI is InChI=1S/C9H15N3O/c1-6-11-9(12-13-6)7-2-4-8(10)5-3-7/h7-8H,2-5,10H2,1H3/t7-,8-. The molecule has 2 N–H and O–H groups in total. The van der Waals surface area contributed by atoms with E-state index < -0.39 is 0 Å². The van der Waals surface area contributed by atoms with Gasteiger partial charge in [-0.2, -0.15) is 4.98 Å². The van der Waals surface area contributed by atoms with Gasteiger partial charge in [0.25, 0.3) is 0 Å². The number of nitrogens with two attached hydrogens (primary N) is 1. The Kier molecular flexibility index (Phi) is 2.31. The minimum Gasteiger partial charge on any atom is -0.340 e. The first-order chi connectivity index (χ1) is 6.25. The third-order valence-electron chi connectivity index (χ3n) is 2.68. The zero-order valence-corrected chi connectivity index (χ0v) is 7.86. The van der Waals surface area contributed by atoms with E-state index in [1.165, 1.54) is 0 Å². The Labute approximate surface area is 77.5 Å². The summed E-state index contributed by atoms with van der Waals surface area (Å²) >= 11 is 0. The van der Waals surface area contributed by atoms with Crippen LogP contribution in [0.1, 0.15) is 43.3 Å². The second-order valence-electron chi connectivity index (χ2n) is 3.78. The molecule has 1 heterocycles. The average molecular weight is 181 g/mol. The van der Waals surface area contributed by atoms with E-state index in [9.17, 15) is 0 Å². The van der Waals surface area contributed by atoms with E-state index in [0.29, 0.717) is 17.9 Å². The highest BCUT2D eigenvalue weighted by Gasteiger charge is 2.23. The van der Waals surface area contributed by atoms with Crippen molar-refractivity contribution in [2.75, 3.05) is 0 Å². The van der Waals surface area contributed by atoms with Crippen LogP contribution in [0.5, 0.6) is 0 Å². The van der Waals surface area contributed by atoms with Crippen molar-refractivity contribution in [1.29, 1.82) is 0 Å². The minimum absolute atomic E-state index is 0.379. The van der Waals surface area contributed by atoms with Crippen molar-refractivity contribution in [2.24, 2.45) is 5.73 Å². The Bertz CT molecular complexity index is 276. The predicted octanol–water partition coefficient (Wildman–Crippen LogP) is 1.36. The van der Waals surface area contributed by atoms with Crippen LogP contribution < -0.4 is 5.73 Å². The van der Waals surface area contributed by atoms with Gasteiger partial charge in [0.2, 0.25) is 5.89 Å². The van der Waals surface area contributed by atoms with E-state index in [4.69, 9.17) is 10.3 Å². The van der Waals surface area contributed by atoms with Crippen LogP contribution in [-0.4, -0.2) is 16.2 Å². The molecule has 1 aliphatic rings. The van der Waals surface area contributed by atoms with Gasteiger partial charge in [-0.15, -0.1) is 0 Å². The molecule has 2 rings (SSSR count). The highest BCUT2D eigenvalue weighted by Crippen LogP contribution is 2.30. The molecule has 1 saturated carbocycles. The summed E-state index contributed by atoms with van der Waals surface area (Å²) in [5, 5.41) is 3.94. The van der Waals surface area contributed by atoms with Crippen LogP contribution in [0.4, 0.5) is 0 Å². The second-order valence-corrected chi connectivity index (χ2v) is 3.78. The van der Waals surface area contributed by atoms with Crippen molar-refractivity contribution in [1.82, 2.24) is 10.1 Å². The quantitative estimate of drug-likeness (QED) is 0.710. The van der Waals surface area contributed by atoms with Gasteiger partial charge >= 0.3 is 0 Å². The van der Waals surface area contributed by atoms with Crippen LogP contribution in [-0.2, 0) is 0 Å². The van der Waals surface area contributed by atoms with Gasteiger partial charge in [0.1, 0.15) is 0 Å². The molecule has 72 valence electrons. The van der Waals surface area contributed by atoms with Crippen molar-refractivity contribution < 1.29 is 4.52 Å². The molecule has 0 unspecified atom stereocenters. The molecular formula is C9H15N3O. The largest absolute Gasteiger partial charge is 0.340 e. The van der Waals surface area contributed by atoms with Crippen LogP contribution in [0.3, 0.4) is 0 Å². The lowest BCUT2D eigenvalue weighted by atomic mass is 9.86. The van der Waals surface area contributed by atoms with Crippen molar-refractivity contribution in [2.45, 2.75) is 44.6 Å². The smallest absolute Gasteiger partial charge is 0.223 e. The highest BCUT2D eigenvalue weighted by molar-refractivity contribution is 4.97. The van der Waals surface area contributed by atoms with Crippen molar-refractivity contribution in [3.8, 4) is 0 Å². The summed E-state index contributed by atoms with van der Waals surface area (Å²) in [6, 6.07) is 0.379. The van der Waals surface area contributed by atoms with Crippen molar-refractivity contribution >= 4 is 0 Å². The summed E-state index contributed by atoms with van der Waals surface area (Å²) in [4.78, 5) is 4.24. The van der Waals surface area contributed by atoms with Crippen molar-refractivity contribution in [3.63, 3.8) is 0 Å². The average Bonchev–Trinajstić information content (AvgIpc) is 2.53. The number of hydrogen-bond donors (Lipinski definition) is 1. The summed E-state index contributed by atoms with van der Waals surface area (Å²) in [6.07, 6.45) is 4.36. The number of hydrogen-bond acceptors (Lipinski definition) is 4. The van der Waals surface area contributed by atoms with Crippen LogP contribution in [0, 0.1) is 6.92 Å². The third kappa shape index (κ3) is 1.88. The fourth-order valence-electron chi connectivity index (χ4n) is 1.86. The second kappa shape index (κ2) is 3.46. The maximum absolute atomic E-state index is 5.82. The van der Waals surface area contributed by atoms with Gasteiger partial charge in [-0.05, 0) is 25.7 Å². The maximum Gasteiger partial charge on any atom is 0.223 e. The van der Waals surface area contributed by atoms with Gasteiger partial charge in [-0.3, -0.25) is 0 Å². The molecule has 0 amide bonds. The van der Waals surface area contributed by atoms with E-state index in [-0.39, 0.29) is 0 Å². The summed E-state index contributed by atoms with van der Waals surface area (Å²) in [5.74, 6) is 1.99. The molecule has 0 spiro atoms. The van der Waals surface area contributed by atoms with Gasteiger partial charge < -0.3 is 10.3 Å². The van der Waals surface area contributed by atoms with E-state index >= 15 is 0 Å². The molecule has 13 heavy (non-hydrogen) atoms. The molecule has 1 aromatic heterocycles. The first-order valence-electron chi connectivity index (χ1n) is 4.81. The molecule has 1 aliphatic carbocycles. The van der Waals surface area contributed by atoms with E-state index in [1.54, 1.807) is 0 Å². The summed E-state index contributed by atoms with van der Waals surface area (Å²) in [5.41, 5.74) is 5.82. The van der Waals surface area contributed by atoms with E-state index in [0.717, 1.165) is 31.5 Å². The molecule has 0 aliphatic heterocycles. The lowest BCUT2D eigenvalue weighted by Crippen LogP contribution is -2.26. The van der Waals surface area contributed by atoms with E-state index in [2.05, 4.69) is 10.1 Å². The Balaban J connectivity index is 2.02. The topological polar surface area (TPSA) is 64.9 Å². The Morgan fingerprint density at radius 2 is 2.00 bits per heavy atom. The van der Waals surface area contributed by atoms with E-state index in [1.807, 2.05) is 6.92 Å². The van der Waals surface area contributed by atoms with Gasteiger partial charge in [0, 0.05) is 18.9 Å². The monoisotopic (exact) mass is 181 g/mol. The molecular weight excluding hydrogens is 166 g/mol.